The highest BCUT2D eigenvalue weighted by atomic mass is 32.1. The number of hydrogen-bond acceptors (Lipinski definition) is 6. The molecule has 0 saturated heterocycles. The lowest BCUT2D eigenvalue weighted by Gasteiger charge is -1.99. The van der Waals surface area contributed by atoms with Crippen LogP contribution in [-0.2, 0) is 9.63 Å². The summed E-state index contributed by atoms with van der Waals surface area (Å²) in [6, 6.07) is 0. The van der Waals surface area contributed by atoms with Gasteiger partial charge in [-0.3, -0.25) is 5.41 Å². The summed E-state index contributed by atoms with van der Waals surface area (Å²) in [5.41, 5.74) is -0.542. The van der Waals surface area contributed by atoms with Gasteiger partial charge in [-0.1, -0.05) is 5.16 Å². The Morgan fingerprint density at radius 2 is 2.43 bits per heavy atom. The zero-order valence-corrected chi connectivity index (χ0v) is 7.91. The average molecular weight is 217 g/mol. The maximum Gasteiger partial charge on any atom is 0.360 e. The van der Waals surface area contributed by atoms with Crippen LogP contribution in [-0.4, -0.2) is 33.8 Å². The topological polar surface area (TPSA) is 108 Å². The molecule has 1 aromatic rings. The molecule has 0 aliphatic rings. The van der Waals surface area contributed by atoms with Gasteiger partial charge in [-0.2, -0.15) is 4.73 Å². The highest BCUT2D eigenvalue weighted by molar-refractivity contribution is 7.07. The lowest BCUT2D eigenvalue weighted by atomic mass is 10.3. The SMILES string of the molecule is CON=C(C(=O)O)c1csc(=N)n1O. The molecule has 0 saturated carbocycles. The average Bonchev–Trinajstić information content (AvgIpc) is 2.44. The van der Waals surface area contributed by atoms with E-state index in [1.165, 1.54) is 12.5 Å². The quantitative estimate of drug-likeness (QED) is 0.367. The minimum Gasteiger partial charge on any atom is -0.476 e. The molecule has 0 amide bonds. The summed E-state index contributed by atoms with van der Waals surface area (Å²) in [7, 11) is 1.19. The second-order valence-corrected chi connectivity index (χ2v) is 3.02. The Labute approximate surface area is 81.9 Å². The van der Waals surface area contributed by atoms with E-state index in [2.05, 4.69) is 9.99 Å². The number of thiazole rings is 1. The number of carbonyl (C=O) groups is 1. The van der Waals surface area contributed by atoms with Crippen molar-refractivity contribution in [3.8, 4) is 0 Å². The fourth-order valence-electron chi connectivity index (χ4n) is 0.764. The molecule has 0 atom stereocenters. The summed E-state index contributed by atoms with van der Waals surface area (Å²) in [6.45, 7) is 0. The smallest absolute Gasteiger partial charge is 0.360 e. The molecule has 0 radical (unpaired) electrons. The number of aromatic nitrogens is 1. The lowest BCUT2D eigenvalue weighted by Crippen LogP contribution is -2.22. The highest BCUT2D eigenvalue weighted by Gasteiger charge is 2.19. The van der Waals surface area contributed by atoms with E-state index < -0.39 is 11.7 Å². The van der Waals surface area contributed by atoms with Crippen molar-refractivity contribution in [2.24, 2.45) is 5.16 Å². The Bertz CT molecular complexity index is 433. The number of rotatable bonds is 3. The highest BCUT2D eigenvalue weighted by Crippen LogP contribution is 2.02. The van der Waals surface area contributed by atoms with Crippen molar-refractivity contribution in [3.63, 3.8) is 0 Å². The zero-order chi connectivity index (χ0) is 10.7. The summed E-state index contributed by atoms with van der Waals surface area (Å²) < 4.78 is 0.427. The first-order valence-electron chi connectivity index (χ1n) is 3.37. The first kappa shape index (κ1) is 10.3. The van der Waals surface area contributed by atoms with Crippen LogP contribution < -0.4 is 4.80 Å². The number of carboxylic acids is 1. The van der Waals surface area contributed by atoms with Crippen LogP contribution in [0.1, 0.15) is 5.69 Å². The third-order valence-corrected chi connectivity index (χ3v) is 2.07. The Balaban J connectivity index is 3.26. The van der Waals surface area contributed by atoms with Crippen molar-refractivity contribution in [2.45, 2.75) is 0 Å². The third kappa shape index (κ3) is 1.74. The maximum atomic E-state index is 10.7. The minimum absolute atomic E-state index is 0.0886. The molecule has 0 unspecified atom stereocenters. The number of oxime groups is 1. The third-order valence-electron chi connectivity index (χ3n) is 1.33. The van der Waals surface area contributed by atoms with Crippen LogP contribution in [0.4, 0.5) is 0 Å². The van der Waals surface area contributed by atoms with Gasteiger partial charge in [0.25, 0.3) is 0 Å². The number of aliphatic carboxylic acids is 1. The molecule has 0 aliphatic carbocycles. The molecule has 0 aromatic carbocycles. The molecule has 0 spiro atoms. The van der Waals surface area contributed by atoms with Gasteiger partial charge in [-0.05, 0) is 0 Å². The Hall–Kier alpha value is -1.83. The van der Waals surface area contributed by atoms with Gasteiger partial charge in [0.1, 0.15) is 12.8 Å². The first-order valence-corrected chi connectivity index (χ1v) is 4.25. The van der Waals surface area contributed by atoms with E-state index in [0.717, 1.165) is 11.3 Å². The minimum atomic E-state index is -1.34. The van der Waals surface area contributed by atoms with E-state index in [1.54, 1.807) is 0 Å². The molecule has 0 bridgehead atoms. The van der Waals surface area contributed by atoms with Gasteiger partial charge in [-0.15, -0.1) is 11.3 Å². The van der Waals surface area contributed by atoms with E-state index in [0.29, 0.717) is 4.73 Å². The summed E-state index contributed by atoms with van der Waals surface area (Å²) in [4.78, 5) is 14.8. The predicted octanol–water partition coefficient (Wildman–Crippen LogP) is -0.299. The molecule has 1 heterocycles. The van der Waals surface area contributed by atoms with Crippen molar-refractivity contribution in [1.82, 2.24) is 4.73 Å². The van der Waals surface area contributed by atoms with Crippen molar-refractivity contribution in [2.75, 3.05) is 7.11 Å². The van der Waals surface area contributed by atoms with Gasteiger partial charge in [0.2, 0.25) is 10.5 Å². The Morgan fingerprint density at radius 1 is 1.79 bits per heavy atom. The number of nitrogens with zero attached hydrogens (tertiary/aromatic N) is 2. The van der Waals surface area contributed by atoms with E-state index in [-0.39, 0.29) is 10.5 Å². The molecular weight excluding hydrogens is 210 g/mol. The van der Waals surface area contributed by atoms with Crippen LogP contribution in [0, 0.1) is 5.41 Å². The van der Waals surface area contributed by atoms with E-state index >= 15 is 0 Å². The van der Waals surface area contributed by atoms with Gasteiger partial charge in [0.15, 0.2) is 0 Å². The summed E-state index contributed by atoms with van der Waals surface area (Å²) in [5.74, 6) is -1.34. The van der Waals surface area contributed by atoms with Crippen LogP contribution >= 0.6 is 11.3 Å². The fourth-order valence-corrected chi connectivity index (χ4v) is 1.40. The molecular formula is C6H7N3O4S. The molecule has 1 aromatic heterocycles. The van der Waals surface area contributed by atoms with Crippen LogP contribution in [0.5, 0.6) is 0 Å². The Kier molecular flexibility index (Phi) is 2.87. The molecule has 0 aliphatic heterocycles. The number of carboxylic acid groups (broad SMARTS) is 1. The molecule has 7 nitrogen and oxygen atoms in total. The summed E-state index contributed by atoms with van der Waals surface area (Å²) in [5, 5.41) is 29.6. The van der Waals surface area contributed by atoms with Gasteiger partial charge in [0, 0.05) is 5.38 Å². The zero-order valence-electron chi connectivity index (χ0n) is 7.09. The summed E-state index contributed by atoms with van der Waals surface area (Å²) >= 11 is 0.883. The summed E-state index contributed by atoms with van der Waals surface area (Å²) in [6.07, 6.45) is 0. The van der Waals surface area contributed by atoms with Crippen LogP contribution in [0.2, 0.25) is 0 Å². The van der Waals surface area contributed by atoms with E-state index in [1.807, 2.05) is 0 Å². The molecule has 0 fully saturated rings. The van der Waals surface area contributed by atoms with Gasteiger partial charge in [-0.25, -0.2) is 4.79 Å². The number of hydrogen-bond donors (Lipinski definition) is 3. The van der Waals surface area contributed by atoms with Gasteiger partial charge >= 0.3 is 5.97 Å². The second kappa shape index (κ2) is 3.92. The molecule has 1 rings (SSSR count). The van der Waals surface area contributed by atoms with Crippen LogP contribution in [0.3, 0.4) is 0 Å². The van der Waals surface area contributed by atoms with Crippen molar-refractivity contribution < 1.29 is 19.9 Å². The molecule has 14 heavy (non-hydrogen) atoms. The largest absolute Gasteiger partial charge is 0.476 e. The standard InChI is InChI=1S/C6H7N3O4S/c1-13-8-4(5(10)11)3-2-14-6(7)9(3)12/h2,7,12H,1H3,(H,10,11). The number of nitrogens with one attached hydrogen (secondary N) is 1. The first-order chi connectivity index (χ1) is 6.57. The predicted molar refractivity (Wildman–Crippen MR) is 46.5 cm³/mol. The fraction of sp³-hybridized carbons (Fsp3) is 0.167. The van der Waals surface area contributed by atoms with Crippen molar-refractivity contribution in [1.29, 1.82) is 5.41 Å². The van der Waals surface area contributed by atoms with E-state index in [9.17, 15) is 10.0 Å². The van der Waals surface area contributed by atoms with Gasteiger partial charge in [0.05, 0.1) is 0 Å². The molecule has 3 N–H and O–H groups in total. The molecule has 76 valence electrons. The van der Waals surface area contributed by atoms with E-state index in [4.69, 9.17) is 10.5 Å². The van der Waals surface area contributed by atoms with Crippen molar-refractivity contribution in [3.05, 3.63) is 15.9 Å². The molecule has 8 heteroatoms. The van der Waals surface area contributed by atoms with Crippen molar-refractivity contribution >= 4 is 23.0 Å². The second-order valence-electron chi connectivity index (χ2n) is 2.17. The Morgan fingerprint density at radius 3 is 2.79 bits per heavy atom. The lowest BCUT2D eigenvalue weighted by molar-refractivity contribution is -0.129. The normalized spacial score (nSPS) is 11.4. The monoisotopic (exact) mass is 217 g/mol. The van der Waals surface area contributed by atoms with Crippen LogP contribution in [0.15, 0.2) is 10.5 Å². The van der Waals surface area contributed by atoms with Gasteiger partial charge < -0.3 is 15.2 Å². The van der Waals surface area contributed by atoms with Crippen LogP contribution in [0.25, 0.3) is 0 Å². The maximum absolute atomic E-state index is 10.7.